The van der Waals surface area contributed by atoms with Gasteiger partial charge in [0.15, 0.2) is 0 Å². The van der Waals surface area contributed by atoms with Gasteiger partial charge in [0, 0.05) is 34.5 Å². The maximum Gasteiger partial charge on any atom is 0.266 e. The summed E-state index contributed by atoms with van der Waals surface area (Å²) in [6.45, 7) is 3.13. The van der Waals surface area contributed by atoms with Crippen LogP contribution in [0.15, 0.2) is 90.0 Å². The molecule has 0 unspecified atom stereocenters. The van der Waals surface area contributed by atoms with Crippen LogP contribution in [0, 0.1) is 0 Å². The van der Waals surface area contributed by atoms with E-state index < -0.39 is 0 Å². The maximum absolute atomic E-state index is 13.1. The van der Waals surface area contributed by atoms with E-state index in [4.69, 9.17) is 33.7 Å². The predicted molar refractivity (Wildman–Crippen MR) is 160 cm³/mol. The number of carbonyl (C=O) groups excluding carboxylic acids is 1. The van der Waals surface area contributed by atoms with Crippen molar-refractivity contribution in [1.29, 1.82) is 0 Å². The molecule has 0 N–H and O–H groups in total. The van der Waals surface area contributed by atoms with Gasteiger partial charge < -0.3 is 4.74 Å². The quantitative estimate of drug-likeness (QED) is 0.155. The van der Waals surface area contributed by atoms with E-state index in [0.29, 0.717) is 27.4 Å². The monoisotopic (exact) mass is 559 g/mol. The Balaban J connectivity index is 1.44. The van der Waals surface area contributed by atoms with Crippen molar-refractivity contribution in [2.75, 3.05) is 6.54 Å². The van der Waals surface area contributed by atoms with Gasteiger partial charge in [0.05, 0.1) is 16.3 Å². The lowest BCUT2D eigenvalue weighted by atomic mass is 10.1. The van der Waals surface area contributed by atoms with Crippen molar-refractivity contribution in [2.24, 2.45) is 0 Å². The average Bonchev–Trinajstić information content (AvgIpc) is 3.48. The van der Waals surface area contributed by atoms with Gasteiger partial charge in [-0.15, -0.1) is 0 Å². The summed E-state index contributed by atoms with van der Waals surface area (Å²) in [4.78, 5) is 15.4. The Kier molecular flexibility index (Phi) is 8.27. The lowest BCUT2D eigenvalue weighted by Crippen LogP contribution is -2.28. The van der Waals surface area contributed by atoms with Crippen LogP contribution in [0.2, 0.25) is 5.02 Å². The number of para-hydroxylation sites is 1. The third kappa shape index (κ3) is 5.85. The zero-order chi connectivity index (χ0) is 26.5. The molecule has 0 saturated carbocycles. The van der Waals surface area contributed by atoms with Gasteiger partial charge in [0.25, 0.3) is 5.91 Å². The number of nitrogens with zero attached hydrogens (tertiary/aromatic N) is 3. The van der Waals surface area contributed by atoms with Crippen LogP contribution in [0.1, 0.15) is 30.9 Å². The average molecular weight is 560 g/mol. The van der Waals surface area contributed by atoms with Crippen molar-refractivity contribution in [1.82, 2.24) is 14.7 Å². The molecule has 1 aliphatic heterocycles. The number of rotatable bonds is 9. The van der Waals surface area contributed by atoms with E-state index in [1.54, 1.807) is 4.90 Å². The van der Waals surface area contributed by atoms with E-state index in [1.807, 2.05) is 95.8 Å². The number of unbranched alkanes of at least 4 members (excludes halogenated alkanes) is 1. The molecule has 2 heterocycles. The number of thiocarbonyl (C=S) groups is 1. The molecular formula is C30H26ClN3O2S2. The SMILES string of the molecule is CCCCN1C(=O)/C(=C/c2cn(-c3ccccc3)nc2-c2ccc(OCc3ccccc3Cl)cc2)SC1=S. The standard InChI is InChI=1S/C30H26ClN3O2S2/c1-2-3-17-33-29(35)27(38-30(33)37)18-23-19-34(24-10-5-4-6-11-24)32-28(23)21-13-15-25(16-14-21)36-20-22-9-7-8-12-26(22)31/h4-16,18-19H,2-3,17,20H2,1H3/b27-18-. The minimum atomic E-state index is -0.0461. The second-order valence-electron chi connectivity index (χ2n) is 8.80. The van der Waals surface area contributed by atoms with Crippen molar-refractivity contribution in [3.8, 4) is 22.7 Å². The molecule has 1 aromatic heterocycles. The van der Waals surface area contributed by atoms with Crippen molar-refractivity contribution in [2.45, 2.75) is 26.4 Å². The Labute approximate surface area is 237 Å². The second kappa shape index (κ2) is 12.0. The molecule has 0 spiro atoms. The first-order valence-corrected chi connectivity index (χ1v) is 14.0. The third-order valence-electron chi connectivity index (χ3n) is 6.14. The summed E-state index contributed by atoms with van der Waals surface area (Å²) < 4.78 is 8.39. The highest BCUT2D eigenvalue weighted by molar-refractivity contribution is 8.26. The Morgan fingerprint density at radius 2 is 1.76 bits per heavy atom. The maximum atomic E-state index is 13.1. The van der Waals surface area contributed by atoms with Gasteiger partial charge in [0.2, 0.25) is 0 Å². The highest BCUT2D eigenvalue weighted by Crippen LogP contribution is 2.35. The molecule has 0 bridgehead atoms. The van der Waals surface area contributed by atoms with Crippen LogP contribution in [-0.4, -0.2) is 31.5 Å². The van der Waals surface area contributed by atoms with Crippen molar-refractivity contribution in [3.05, 3.63) is 106 Å². The summed E-state index contributed by atoms with van der Waals surface area (Å²) in [6.07, 6.45) is 5.77. The first-order valence-electron chi connectivity index (χ1n) is 12.4. The van der Waals surface area contributed by atoms with Gasteiger partial charge in [-0.05, 0) is 55.0 Å². The van der Waals surface area contributed by atoms with Crippen molar-refractivity contribution >= 4 is 51.9 Å². The van der Waals surface area contributed by atoms with E-state index >= 15 is 0 Å². The van der Waals surface area contributed by atoms with Crippen LogP contribution in [0.25, 0.3) is 23.0 Å². The predicted octanol–water partition coefficient (Wildman–Crippen LogP) is 7.77. The molecule has 1 saturated heterocycles. The molecule has 0 aliphatic carbocycles. The third-order valence-corrected chi connectivity index (χ3v) is 7.89. The molecule has 1 fully saturated rings. The lowest BCUT2D eigenvalue weighted by molar-refractivity contribution is -0.122. The Hall–Kier alpha value is -3.39. The first-order chi connectivity index (χ1) is 18.5. The Morgan fingerprint density at radius 3 is 2.50 bits per heavy atom. The smallest absolute Gasteiger partial charge is 0.266 e. The van der Waals surface area contributed by atoms with E-state index in [1.165, 1.54) is 11.8 Å². The summed E-state index contributed by atoms with van der Waals surface area (Å²) >= 11 is 13.1. The molecular weight excluding hydrogens is 534 g/mol. The van der Waals surface area contributed by atoms with Crippen LogP contribution >= 0.6 is 35.6 Å². The summed E-state index contributed by atoms with van der Waals surface area (Å²) in [7, 11) is 0. The van der Waals surface area contributed by atoms with Crippen molar-refractivity contribution in [3.63, 3.8) is 0 Å². The molecule has 38 heavy (non-hydrogen) atoms. The van der Waals surface area contributed by atoms with E-state index in [0.717, 1.165) is 46.7 Å². The number of amides is 1. The molecule has 1 amide bonds. The van der Waals surface area contributed by atoms with Gasteiger partial charge >= 0.3 is 0 Å². The molecule has 3 aromatic carbocycles. The van der Waals surface area contributed by atoms with Crippen LogP contribution in [-0.2, 0) is 11.4 Å². The molecule has 1 aliphatic rings. The van der Waals surface area contributed by atoms with E-state index in [9.17, 15) is 4.79 Å². The number of ether oxygens (including phenoxy) is 1. The largest absolute Gasteiger partial charge is 0.489 e. The first kappa shape index (κ1) is 26.2. The van der Waals surface area contributed by atoms with Gasteiger partial charge in [0.1, 0.15) is 16.7 Å². The highest BCUT2D eigenvalue weighted by atomic mass is 35.5. The molecule has 0 radical (unpaired) electrons. The Morgan fingerprint density at radius 1 is 1.03 bits per heavy atom. The van der Waals surface area contributed by atoms with E-state index in [-0.39, 0.29) is 5.91 Å². The van der Waals surface area contributed by atoms with Crippen LogP contribution in [0.4, 0.5) is 0 Å². The number of aromatic nitrogens is 2. The molecule has 4 aromatic rings. The lowest BCUT2D eigenvalue weighted by Gasteiger charge is -2.12. The minimum absolute atomic E-state index is 0.0461. The van der Waals surface area contributed by atoms with Gasteiger partial charge in [-0.2, -0.15) is 5.10 Å². The molecule has 5 nitrogen and oxygen atoms in total. The number of benzene rings is 3. The van der Waals surface area contributed by atoms with Gasteiger partial charge in [-0.25, -0.2) is 4.68 Å². The number of carbonyl (C=O) groups is 1. The fourth-order valence-corrected chi connectivity index (χ4v) is 5.56. The zero-order valence-electron chi connectivity index (χ0n) is 20.8. The summed E-state index contributed by atoms with van der Waals surface area (Å²) in [6, 6.07) is 25.3. The molecule has 0 atom stereocenters. The fraction of sp³-hybridized carbons (Fsp3) is 0.167. The molecule has 192 valence electrons. The zero-order valence-corrected chi connectivity index (χ0v) is 23.2. The van der Waals surface area contributed by atoms with Gasteiger partial charge in [-0.3, -0.25) is 9.69 Å². The normalized spacial score (nSPS) is 14.5. The Bertz CT molecular complexity index is 1480. The summed E-state index contributed by atoms with van der Waals surface area (Å²) in [5.41, 5.74) is 4.39. The number of thioether (sulfide) groups is 1. The van der Waals surface area contributed by atoms with Crippen molar-refractivity contribution < 1.29 is 9.53 Å². The van der Waals surface area contributed by atoms with E-state index in [2.05, 4.69) is 6.92 Å². The molecule has 5 rings (SSSR count). The number of hydrogen-bond acceptors (Lipinski definition) is 5. The van der Waals surface area contributed by atoms with Gasteiger partial charge in [-0.1, -0.05) is 85.3 Å². The number of halogens is 1. The van der Waals surface area contributed by atoms with Crippen LogP contribution in [0.3, 0.4) is 0 Å². The fourth-order valence-electron chi connectivity index (χ4n) is 4.07. The van der Waals surface area contributed by atoms with Crippen LogP contribution in [0.5, 0.6) is 5.75 Å². The minimum Gasteiger partial charge on any atom is -0.489 e. The summed E-state index contributed by atoms with van der Waals surface area (Å²) in [5, 5.41) is 5.57. The number of hydrogen-bond donors (Lipinski definition) is 0. The summed E-state index contributed by atoms with van der Waals surface area (Å²) in [5.74, 6) is 0.685. The molecule has 8 heteroatoms. The topological polar surface area (TPSA) is 47.4 Å². The second-order valence-corrected chi connectivity index (χ2v) is 10.9. The highest BCUT2D eigenvalue weighted by Gasteiger charge is 2.31. The van der Waals surface area contributed by atoms with Crippen LogP contribution < -0.4 is 4.74 Å².